The summed E-state index contributed by atoms with van der Waals surface area (Å²) in [5.74, 6) is 0. The topological polar surface area (TPSA) is 131 Å². The normalized spacial score (nSPS) is 14.2. The summed E-state index contributed by atoms with van der Waals surface area (Å²) in [6.07, 6.45) is 0.701. The maximum atomic E-state index is 9.81. The zero-order valence-electron chi connectivity index (χ0n) is 8.72. The highest BCUT2D eigenvalue weighted by molar-refractivity contribution is 5.74. The number of rotatable bonds is 4. The van der Waals surface area contributed by atoms with Crippen molar-refractivity contribution >= 4 is 11.0 Å². The molecule has 0 saturated carbocycles. The number of aliphatic hydroxyl groups is 2. The van der Waals surface area contributed by atoms with E-state index in [1.54, 1.807) is 12.3 Å². The summed E-state index contributed by atoms with van der Waals surface area (Å²) < 4.78 is 0. The van der Waals surface area contributed by atoms with E-state index in [1.165, 1.54) is 6.20 Å². The van der Waals surface area contributed by atoms with Crippen LogP contribution in [0.15, 0.2) is 23.6 Å². The second kappa shape index (κ2) is 4.79. The summed E-state index contributed by atoms with van der Waals surface area (Å²) in [4.78, 5) is 6.55. The predicted molar refractivity (Wildman–Crippen MR) is 58.9 cm³/mol. The minimum absolute atomic E-state index is 0.193. The third kappa shape index (κ3) is 2.34. The molecule has 0 radical (unpaired) electrons. The molecular formula is C9H10N6O2. The van der Waals surface area contributed by atoms with Gasteiger partial charge in [0.25, 0.3) is 0 Å². The minimum Gasteiger partial charge on any atom is -0.390 e. The van der Waals surface area contributed by atoms with Gasteiger partial charge in [0.05, 0.1) is 18.8 Å². The number of aromatic nitrogens is 3. The van der Waals surface area contributed by atoms with Gasteiger partial charge < -0.3 is 10.2 Å². The molecule has 0 aliphatic carbocycles. The van der Waals surface area contributed by atoms with Crippen LogP contribution >= 0.6 is 0 Å². The van der Waals surface area contributed by atoms with Crippen LogP contribution in [-0.4, -0.2) is 38.0 Å². The van der Waals surface area contributed by atoms with Gasteiger partial charge in [-0.3, -0.25) is 5.10 Å². The Bertz CT molecular complexity index is 561. The van der Waals surface area contributed by atoms with Crippen molar-refractivity contribution in [2.24, 2.45) is 5.11 Å². The van der Waals surface area contributed by atoms with Crippen molar-refractivity contribution in [1.82, 2.24) is 15.2 Å². The van der Waals surface area contributed by atoms with Gasteiger partial charge in [0, 0.05) is 22.1 Å². The number of nitrogens with one attached hydrogen (secondary N) is 1. The van der Waals surface area contributed by atoms with E-state index in [2.05, 4.69) is 25.2 Å². The molecule has 0 saturated heterocycles. The van der Waals surface area contributed by atoms with E-state index in [-0.39, 0.29) is 6.54 Å². The van der Waals surface area contributed by atoms with Gasteiger partial charge in [-0.15, -0.1) is 0 Å². The molecule has 2 aromatic rings. The maximum Gasteiger partial charge on any atom is 0.155 e. The van der Waals surface area contributed by atoms with Gasteiger partial charge in [-0.05, 0) is 11.6 Å². The van der Waals surface area contributed by atoms with E-state index in [0.717, 1.165) is 5.39 Å². The van der Waals surface area contributed by atoms with Gasteiger partial charge in [-0.2, -0.15) is 5.10 Å². The first-order valence-electron chi connectivity index (χ1n) is 4.88. The third-order valence-electron chi connectivity index (χ3n) is 2.35. The molecule has 17 heavy (non-hydrogen) atoms. The summed E-state index contributed by atoms with van der Waals surface area (Å²) in [6, 6.07) is 1.66. The average molecular weight is 234 g/mol. The Kier molecular flexibility index (Phi) is 3.20. The van der Waals surface area contributed by atoms with Gasteiger partial charge in [0.15, 0.2) is 5.65 Å². The van der Waals surface area contributed by atoms with Crippen LogP contribution in [0.5, 0.6) is 0 Å². The summed E-state index contributed by atoms with van der Waals surface area (Å²) >= 11 is 0. The van der Waals surface area contributed by atoms with Crippen molar-refractivity contribution in [3.8, 4) is 0 Å². The number of azide groups is 1. The fourth-order valence-electron chi connectivity index (χ4n) is 1.46. The van der Waals surface area contributed by atoms with E-state index in [0.29, 0.717) is 11.2 Å². The molecule has 2 rings (SSSR count). The van der Waals surface area contributed by atoms with Gasteiger partial charge in [-0.1, -0.05) is 5.11 Å². The molecule has 0 spiro atoms. The van der Waals surface area contributed by atoms with Crippen molar-refractivity contribution < 1.29 is 10.2 Å². The lowest BCUT2D eigenvalue weighted by Gasteiger charge is -2.15. The van der Waals surface area contributed by atoms with E-state index in [4.69, 9.17) is 5.53 Å². The highest BCUT2D eigenvalue weighted by atomic mass is 16.3. The second-order valence-electron chi connectivity index (χ2n) is 3.50. The first-order chi connectivity index (χ1) is 8.22. The SMILES string of the molecule is [N-]=[N+]=NCC(O)C(O)c1cnc2[nH]ncc2c1. The number of hydrogen-bond acceptors (Lipinski definition) is 5. The number of pyridine rings is 1. The molecule has 8 heteroatoms. The summed E-state index contributed by atoms with van der Waals surface area (Å²) in [6.45, 7) is -0.193. The Hall–Kier alpha value is -2.15. The van der Waals surface area contributed by atoms with Crippen molar-refractivity contribution in [2.75, 3.05) is 6.54 Å². The molecule has 3 N–H and O–H groups in total. The lowest BCUT2D eigenvalue weighted by atomic mass is 10.1. The summed E-state index contributed by atoms with van der Waals surface area (Å²) in [7, 11) is 0. The van der Waals surface area contributed by atoms with Gasteiger partial charge in [0.2, 0.25) is 0 Å². The number of hydrogen-bond donors (Lipinski definition) is 3. The number of aromatic amines is 1. The lowest BCUT2D eigenvalue weighted by Crippen LogP contribution is -2.21. The zero-order valence-corrected chi connectivity index (χ0v) is 8.72. The first kappa shape index (κ1) is 11.3. The first-order valence-corrected chi connectivity index (χ1v) is 4.88. The van der Waals surface area contributed by atoms with Crippen LogP contribution in [0.1, 0.15) is 11.7 Å². The second-order valence-corrected chi connectivity index (χ2v) is 3.50. The molecule has 88 valence electrons. The molecule has 0 fully saturated rings. The van der Waals surface area contributed by atoms with E-state index in [9.17, 15) is 10.2 Å². The number of fused-ring (bicyclic) bond motifs is 1. The Balaban J connectivity index is 2.22. The molecule has 0 aliphatic rings. The van der Waals surface area contributed by atoms with Crippen molar-refractivity contribution in [3.05, 3.63) is 34.5 Å². The average Bonchev–Trinajstić information content (AvgIpc) is 2.81. The fourth-order valence-corrected chi connectivity index (χ4v) is 1.46. The highest BCUT2D eigenvalue weighted by Gasteiger charge is 2.18. The Morgan fingerprint density at radius 3 is 3.06 bits per heavy atom. The van der Waals surface area contributed by atoms with Crippen LogP contribution in [0.2, 0.25) is 0 Å². The summed E-state index contributed by atoms with van der Waals surface area (Å²) in [5, 5.41) is 29.8. The van der Waals surface area contributed by atoms with Crippen LogP contribution in [0, 0.1) is 0 Å². The Morgan fingerprint density at radius 2 is 2.29 bits per heavy atom. The Morgan fingerprint density at radius 1 is 1.47 bits per heavy atom. The molecule has 0 aromatic carbocycles. The van der Waals surface area contributed by atoms with Crippen LogP contribution in [0.4, 0.5) is 0 Å². The number of nitrogens with zero attached hydrogens (tertiary/aromatic N) is 5. The fraction of sp³-hybridized carbons (Fsp3) is 0.333. The van der Waals surface area contributed by atoms with Crippen molar-refractivity contribution in [2.45, 2.75) is 12.2 Å². The van der Waals surface area contributed by atoms with Gasteiger partial charge >= 0.3 is 0 Å². The van der Waals surface area contributed by atoms with Crippen LogP contribution in [0.25, 0.3) is 21.5 Å². The third-order valence-corrected chi connectivity index (χ3v) is 2.35. The van der Waals surface area contributed by atoms with Crippen molar-refractivity contribution in [3.63, 3.8) is 0 Å². The molecule has 2 unspecified atom stereocenters. The van der Waals surface area contributed by atoms with Gasteiger partial charge in [0.1, 0.15) is 6.10 Å². The minimum atomic E-state index is -1.16. The quantitative estimate of drug-likeness (QED) is 0.407. The standard InChI is InChI=1S/C9H10N6O2/c10-15-13-4-7(16)8(17)5-1-6-3-12-14-9(6)11-2-5/h1-3,7-8,16-17H,4H2,(H,11,12,14). The smallest absolute Gasteiger partial charge is 0.155 e. The van der Waals surface area contributed by atoms with Crippen LogP contribution in [-0.2, 0) is 0 Å². The molecule has 0 aliphatic heterocycles. The molecule has 0 bridgehead atoms. The molecule has 2 heterocycles. The number of aliphatic hydroxyl groups excluding tert-OH is 2. The highest BCUT2D eigenvalue weighted by Crippen LogP contribution is 2.19. The molecule has 2 aromatic heterocycles. The lowest BCUT2D eigenvalue weighted by molar-refractivity contribution is 0.0243. The van der Waals surface area contributed by atoms with Crippen LogP contribution < -0.4 is 0 Å². The van der Waals surface area contributed by atoms with Crippen LogP contribution in [0.3, 0.4) is 0 Å². The van der Waals surface area contributed by atoms with Crippen molar-refractivity contribution in [1.29, 1.82) is 0 Å². The van der Waals surface area contributed by atoms with Gasteiger partial charge in [-0.25, -0.2) is 4.98 Å². The molecule has 8 nitrogen and oxygen atoms in total. The molecular weight excluding hydrogens is 224 g/mol. The van der Waals surface area contributed by atoms with E-state index >= 15 is 0 Å². The Labute approximate surface area is 95.5 Å². The molecule has 0 amide bonds. The summed E-state index contributed by atoms with van der Waals surface area (Å²) in [5.41, 5.74) is 9.17. The predicted octanol–water partition coefficient (Wildman–Crippen LogP) is 0.662. The molecule has 2 atom stereocenters. The van der Waals surface area contributed by atoms with E-state index in [1.807, 2.05) is 0 Å². The van der Waals surface area contributed by atoms with E-state index < -0.39 is 12.2 Å². The maximum absolute atomic E-state index is 9.81. The number of H-pyrrole nitrogens is 1. The zero-order chi connectivity index (χ0) is 12.3. The largest absolute Gasteiger partial charge is 0.390 e. The monoisotopic (exact) mass is 234 g/mol.